The van der Waals surface area contributed by atoms with E-state index in [1.165, 1.54) is 0 Å². The van der Waals surface area contributed by atoms with E-state index in [1.807, 2.05) is 37.3 Å². The largest absolute Gasteiger partial charge is 0.399 e. The minimum atomic E-state index is -0.0205. The third-order valence-electron chi connectivity index (χ3n) is 3.45. The maximum atomic E-state index is 12.5. The molecule has 19 heavy (non-hydrogen) atoms. The van der Waals surface area contributed by atoms with Crippen molar-refractivity contribution in [2.45, 2.75) is 20.0 Å². The Morgan fingerprint density at radius 2 is 2.05 bits per heavy atom. The van der Waals surface area contributed by atoms with Crippen molar-refractivity contribution in [3.05, 3.63) is 58.9 Å². The summed E-state index contributed by atoms with van der Waals surface area (Å²) in [6, 6.07) is 9.54. The Morgan fingerprint density at radius 1 is 1.26 bits per heavy atom. The molecular weight excluding hydrogens is 238 g/mol. The molecule has 0 atom stereocenters. The highest BCUT2D eigenvalue weighted by Gasteiger charge is 2.25. The zero-order chi connectivity index (χ0) is 13.4. The topological polar surface area (TPSA) is 59.2 Å². The number of pyridine rings is 1. The van der Waals surface area contributed by atoms with Gasteiger partial charge in [-0.2, -0.15) is 0 Å². The van der Waals surface area contributed by atoms with Gasteiger partial charge in [-0.3, -0.25) is 9.78 Å². The predicted molar refractivity (Wildman–Crippen MR) is 73.4 cm³/mol. The minimum Gasteiger partial charge on any atom is -0.399 e. The number of amides is 1. The molecular formula is C15H15N3O. The van der Waals surface area contributed by atoms with Gasteiger partial charge in [0.05, 0.1) is 0 Å². The average molecular weight is 253 g/mol. The highest BCUT2D eigenvalue weighted by Crippen LogP contribution is 2.26. The van der Waals surface area contributed by atoms with Crippen LogP contribution in [0, 0.1) is 6.92 Å². The molecule has 0 radical (unpaired) electrons. The first kappa shape index (κ1) is 11.7. The quantitative estimate of drug-likeness (QED) is 0.792. The Kier molecular flexibility index (Phi) is 2.71. The molecule has 2 heterocycles. The molecule has 2 aromatic rings. The van der Waals surface area contributed by atoms with Crippen LogP contribution in [0.15, 0.2) is 36.5 Å². The molecule has 1 aromatic heterocycles. The minimum absolute atomic E-state index is 0.0205. The molecule has 0 saturated heterocycles. The number of nitrogens with zero attached hydrogens (tertiary/aromatic N) is 2. The second kappa shape index (κ2) is 4.39. The Labute approximate surface area is 111 Å². The first-order chi connectivity index (χ1) is 9.15. The van der Waals surface area contributed by atoms with Gasteiger partial charge in [0.25, 0.3) is 5.91 Å². The fourth-order valence-electron chi connectivity index (χ4n) is 2.42. The molecule has 3 rings (SSSR count). The van der Waals surface area contributed by atoms with Crippen LogP contribution in [0.1, 0.15) is 27.2 Å². The summed E-state index contributed by atoms with van der Waals surface area (Å²) in [5.74, 6) is -0.0205. The maximum Gasteiger partial charge on any atom is 0.273 e. The maximum absolute atomic E-state index is 12.5. The normalized spacial score (nSPS) is 13.4. The van der Waals surface area contributed by atoms with Crippen molar-refractivity contribution in [1.82, 2.24) is 9.88 Å². The fourth-order valence-corrected chi connectivity index (χ4v) is 2.42. The molecule has 1 aromatic carbocycles. The van der Waals surface area contributed by atoms with Crippen LogP contribution in [0.2, 0.25) is 0 Å². The number of hydrogen-bond acceptors (Lipinski definition) is 3. The van der Waals surface area contributed by atoms with E-state index in [1.54, 1.807) is 11.1 Å². The van der Waals surface area contributed by atoms with Gasteiger partial charge >= 0.3 is 0 Å². The van der Waals surface area contributed by atoms with E-state index in [4.69, 9.17) is 5.73 Å². The van der Waals surface area contributed by atoms with Crippen molar-refractivity contribution < 1.29 is 4.79 Å². The molecule has 0 aliphatic carbocycles. The Morgan fingerprint density at radius 3 is 2.84 bits per heavy atom. The zero-order valence-corrected chi connectivity index (χ0v) is 10.8. The summed E-state index contributed by atoms with van der Waals surface area (Å²) in [7, 11) is 0. The first-order valence-corrected chi connectivity index (χ1v) is 6.23. The van der Waals surface area contributed by atoms with E-state index >= 15 is 0 Å². The first-order valence-electron chi connectivity index (χ1n) is 6.23. The van der Waals surface area contributed by atoms with Gasteiger partial charge in [-0.25, -0.2) is 0 Å². The average Bonchev–Trinajstić information content (AvgIpc) is 2.81. The molecule has 0 saturated carbocycles. The number of carbonyl (C=O) groups excluding carboxylic acids is 1. The second-order valence-corrected chi connectivity index (χ2v) is 4.86. The molecule has 0 bridgehead atoms. The van der Waals surface area contributed by atoms with Gasteiger partial charge in [0.15, 0.2) is 0 Å². The molecule has 1 aliphatic rings. The highest BCUT2D eigenvalue weighted by atomic mass is 16.2. The molecule has 4 heteroatoms. The predicted octanol–water partition coefficient (Wildman–Crippen LogP) is 2.13. The van der Waals surface area contributed by atoms with Crippen LogP contribution >= 0.6 is 0 Å². The molecule has 4 nitrogen and oxygen atoms in total. The summed E-state index contributed by atoms with van der Waals surface area (Å²) in [5, 5.41) is 0. The Bertz CT molecular complexity index is 652. The molecule has 0 fully saturated rings. The van der Waals surface area contributed by atoms with Crippen LogP contribution in [0.5, 0.6) is 0 Å². The van der Waals surface area contributed by atoms with E-state index in [9.17, 15) is 4.79 Å². The molecule has 0 unspecified atom stereocenters. The van der Waals surface area contributed by atoms with Crippen molar-refractivity contribution in [1.29, 1.82) is 0 Å². The number of hydrogen-bond donors (Lipinski definition) is 1. The Balaban J connectivity index is 1.87. The third-order valence-corrected chi connectivity index (χ3v) is 3.45. The van der Waals surface area contributed by atoms with E-state index < -0.39 is 0 Å². The van der Waals surface area contributed by atoms with Crippen LogP contribution in [0.3, 0.4) is 0 Å². The van der Waals surface area contributed by atoms with Gasteiger partial charge in [-0.05, 0) is 41.8 Å². The summed E-state index contributed by atoms with van der Waals surface area (Å²) >= 11 is 0. The third kappa shape index (κ3) is 2.05. The lowest BCUT2D eigenvalue weighted by Crippen LogP contribution is -2.26. The van der Waals surface area contributed by atoms with E-state index in [-0.39, 0.29) is 5.91 Å². The Hall–Kier alpha value is -2.36. The van der Waals surface area contributed by atoms with Gasteiger partial charge in [-0.1, -0.05) is 12.1 Å². The molecule has 2 N–H and O–H groups in total. The van der Waals surface area contributed by atoms with E-state index in [2.05, 4.69) is 4.98 Å². The summed E-state index contributed by atoms with van der Waals surface area (Å²) in [4.78, 5) is 18.4. The van der Waals surface area contributed by atoms with Crippen molar-refractivity contribution in [3.63, 3.8) is 0 Å². The number of anilines is 1. The van der Waals surface area contributed by atoms with Crippen molar-refractivity contribution in [3.8, 4) is 0 Å². The number of carbonyl (C=O) groups is 1. The summed E-state index contributed by atoms with van der Waals surface area (Å²) in [6.07, 6.45) is 1.65. The van der Waals surface area contributed by atoms with Crippen LogP contribution < -0.4 is 5.73 Å². The fraction of sp³-hybridized carbons (Fsp3) is 0.200. The SMILES string of the molecule is Cc1cccnc1C(=O)N1Cc2ccc(N)cc2C1. The molecule has 1 aliphatic heterocycles. The number of benzene rings is 1. The van der Waals surface area contributed by atoms with Crippen molar-refractivity contribution >= 4 is 11.6 Å². The van der Waals surface area contributed by atoms with Gasteiger partial charge in [0.2, 0.25) is 0 Å². The van der Waals surface area contributed by atoms with Crippen LogP contribution in [0.4, 0.5) is 5.69 Å². The number of aryl methyl sites for hydroxylation is 1. The van der Waals surface area contributed by atoms with Crippen LogP contribution in [-0.4, -0.2) is 15.8 Å². The van der Waals surface area contributed by atoms with Gasteiger partial charge in [0, 0.05) is 25.0 Å². The smallest absolute Gasteiger partial charge is 0.273 e. The lowest BCUT2D eigenvalue weighted by molar-refractivity contribution is 0.0744. The van der Waals surface area contributed by atoms with Gasteiger partial charge in [0.1, 0.15) is 5.69 Å². The number of nitrogen functional groups attached to an aromatic ring is 1. The van der Waals surface area contributed by atoms with Crippen LogP contribution in [0.25, 0.3) is 0 Å². The molecule has 1 amide bonds. The molecule has 96 valence electrons. The monoisotopic (exact) mass is 253 g/mol. The summed E-state index contributed by atoms with van der Waals surface area (Å²) in [6.45, 7) is 3.14. The van der Waals surface area contributed by atoms with Crippen molar-refractivity contribution in [2.24, 2.45) is 0 Å². The second-order valence-electron chi connectivity index (χ2n) is 4.86. The van der Waals surface area contributed by atoms with Crippen LogP contribution in [-0.2, 0) is 13.1 Å². The number of fused-ring (bicyclic) bond motifs is 1. The summed E-state index contributed by atoms with van der Waals surface area (Å²) in [5.41, 5.74) is 10.2. The highest BCUT2D eigenvalue weighted by molar-refractivity contribution is 5.94. The zero-order valence-electron chi connectivity index (χ0n) is 10.8. The number of rotatable bonds is 1. The summed E-state index contributed by atoms with van der Waals surface area (Å²) < 4.78 is 0. The molecule has 0 spiro atoms. The number of aromatic nitrogens is 1. The van der Waals surface area contributed by atoms with Crippen molar-refractivity contribution in [2.75, 3.05) is 5.73 Å². The lowest BCUT2D eigenvalue weighted by atomic mass is 10.1. The van der Waals surface area contributed by atoms with Gasteiger partial charge < -0.3 is 10.6 Å². The van der Waals surface area contributed by atoms with E-state index in [0.717, 1.165) is 22.4 Å². The standard InChI is InChI=1S/C15H15N3O/c1-10-3-2-6-17-14(10)15(19)18-8-11-4-5-13(16)7-12(11)9-18/h2-7H,8-9,16H2,1H3. The van der Waals surface area contributed by atoms with Gasteiger partial charge in [-0.15, -0.1) is 0 Å². The number of nitrogens with two attached hydrogens (primary N) is 1. The lowest BCUT2D eigenvalue weighted by Gasteiger charge is -2.15. The van der Waals surface area contributed by atoms with E-state index in [0.29, 0.717) is 18.8 Å².